The number of hydrogen-bond donors (Lipinski definition) is 6. The average molecular weight is 901 g/mol. The minimum absolute atomic E-state index is 0.0189. The quantitative estimate of drug-likeness (QED) is 0.0120. The molecule has 1 aliphatic carbocycles. The fourth-order valence-electron chi connectivity index (χ4n) is 5.61. The zero-order chi connectivity index (χ0) is 46.4. The van der Waals surface area contributed by atoms with Crippen molar-refractivity contribution in [3.63, 3.8) is 0 Å². The van der Waals surface area contributed by atoms with Gasteiger partial charge in [-0.15, -0.1) is 0 Å². The van der Waals surface area contributed by atoms with Crippen LogP contribution in [0.25, 0.3) is 0 Å². The lowest BCUT2D eigenvalue weighted by molar-refractivity contribution is -0.220. The van der Waals surface area contributed by atoms with E-state index >= 15 is 0 Å². The van der Waals surface area contributed by atoms with Gasteiger partial charge in [-0.25, -0.2) is 4.57 Å². The molecule has 0 saturated heterocycles. The summed E-state index contributed by atoms with van der Waals surface area (Å²) in [5.41, 5.74) is 0. The van der Waals surface area contributed by atoms with Gasteiger partial charge in [0, 0.05) is 12.8 Å². The summed E-state index contributed by atoms with van der Waals surface area (Å²) in [4.78, 5) is 35.6. The number of unbranched alkanes of at least 4 members (excludes halogenated alkanes) is 3. The van der Waals surface area contributed by atoms with Crippen LogP contribution in [0.2, 0.25) is 0 Å². The highest BCUT2D eigenvalue weighted by molar-refractivity contribution is 7.47. The lowest BCUT2D eigenvalue weighted by Gasteiger charge is -2.41. The van der Waals surface area contributed by atoms with Crippen molar-refractivity contribution in [3.05, 3.63) is 134 Å². The molecule has 1 saturated carbocycles. The van der Waals surface area contributed by atoms with Crippen LogP contribution in [0.3, 0.4) is 0 Å². The van der Waals surface area contributed by atoms with E-state index in [0.717, 1.165) is 57.8 Å². The van der Waals surface area contributed by atoms with Crippen molar-refractivity contribution in [2.24, 2.45) is 0 Å². The monoisotopic (exact) mass is 900 g/mol. The van der Waals surface area contributed by atoms with E-state index in [4.69, 9.17) is 18.5 Å². The molecule has 1 fully saturated rings. The number of phosphoric acid groups is 1. The molecular formula is C49H73O13P. The van der Waals surface area contributed by atoms with Gasteiger partial charge >= 0.3 is 19.8 Å². The molecule has 1 rings (SSSR count). The van der Waals surface area contributed by atoms with Crippen molar-refractivity contribution < 1.29 is 63.1 Å². The van der Waals surface area contributed by atoms with Crippen LogP contribution in [0.5, 0.6) is 0 Å². The summed E-state index contributed by atoms with van der Waals surface area (Å²) >= 11 is 0. The first kappa shape index (κ1) is 57.0. The molecule has 0 bridgehead atoms. The van der Waals surface area contributed by atoms with Gasteiger partial charge in [-0.3, -0.25) is 18.6 Å². The van der Waals surface area contributed by atoms with Crippen LogP contribution >= 0.6 is 7.82 Å². The van der Waals surface area contributed by atoms with E-state index in [-0.39, 0.29) is 12.8 Å². The third-order valence-electron chi connectivity index (χ3n) is 9.12. The number of hydrogen-bond acceptors (Lipinski definition) is 12. The summed E-state index contributed by atoms with van der Waals surface area (Å²) < 4.78 is 33.3. The van der Waals surface area contributed by atoms with Crippen LogP contribution in [0.4, 0.5) is 0 Å². The molecule has 352 valence electrons. The van der Waals surface area contributed by atoms with Crippen molar-refractivity contribution in [1.82, 2.24) is 0 Å². The molecular weight excluding hydrogens is 828 g/mol. The molecule has 0 aromatic rings. The zero-order valence-corrected chi connectivity index (χ0v) is 37.9. The second kappa shape index (κ2) is 37.4. The number of rotatable bonds is 33. The van der Waals surface area contributed by atoms with Crippen molar-refractivity contribution in [2.45, 2.75) is 146 Å². The highest BCUT2D eigenvalue weighted by Crippen LogP contribution is 2.47. The van der Waals surface area contributed by atoms with Crippen molar-refractivity contribution in [2.75, 3.05) is 13.2 Å². The molecule has 0 aromatic carbocycles. The van der Waals surface area contributed by atoms with Crippen LogP contribution in [-0.2, 0) is 32.7 Å². The number of phosphoric ester groups is 1. The lowest BCUT2D eigenvalue weighted by Crippen LogP contribution is -2.64. The summed E-state index contributed by atoms with van der Waals surface area (Å²) in [5.74, 6) is -1.26. The first-order chi connectivity index (χ1) is 30.4. The second-order valence-electron chi connectivity index (χ2n) is 14.6. The first-order valence-corrected chi connectivity index (χ1v) is 23.6. The van der Waals surface area contributed by atoms with E-state index in [2.05, 4.69) is 92.8 Å². The number of carbonyl (C=O) groups excluding carboxylic acids is 2. The predicted octanol–water partition coefficient (Wildman–Crippen LogP) is 8.38. The van der Waals surface area contributed by atoms with Gasteiger partial charge in [0.2, 0.25) is 0 Å². The second-order valence-corrected chi connectivity index (χ2v) is 16.0. The fraction of sp³-hybridized carbons (Fsp3) is 0.510. The minimum Gasteiger partial charge on any atom is -0.462 e. The summed E-state index contributed by atoms with van der Waals surface area (Å²) in [6.45, 7) is 2.90. The van der Waals surface area contributed by atoms with E-state index in [9.17, 15) is 44.6 Å². The molecule has 6 N–H and O–H groups in total. The lowest BCUT2D eigenvalue weighted by atomic mass is 9.85. The van der Waals surface area contributed by atoms with E-state index in [1.54, 1.807) is 0 Å². The zero-order valence-electron chi connectivity index (χ0n) is 37.0. The molecule has 13 nitrogen and oxygen atoms in total. The maximum atomic E-state index is 12.8. The number of ether oxygens (including phenoxy) is 2. The molecule has 0 radical (unpaired) electrons. The van der Waals surface area contributed by atoms with Crippen LogP contribution < -0.4 is 0 Å². The Kier molecular flexibility index (Phi) is 33.8. The van der Waals surface area contributed by atoms with Gasteiger partial charge in [0.1, 0.15) is 43.2 Å². The third-order valence-corrected chi connectivity index (χ3v) is 10.1. The highest BCUT2D eigenvalue weighted by Gasteiger charge is 2.51. The Morgan fingerprint density at radius 1 is 0.508 bits per heavy atom. The Balaban J connectivity index is 2.55. The van der Waals surface area contributed by atoms with Gasteiger partial charge in [0.25, 0.3) is 0 Å². The molecule has 0 heterocycles. The summed E-state index contributed by atoms with van der Waals surface area (Å²) in [6, 6.07) is 0. The molecule has 0 aromatic heterocycles. The summed E-state index contributed by atoms with van der Waals surface area (Å²) in [5, 5.41) is 50.1. The van der Waals surface area contributed by atoms with Gasteiger partial charge in [-0.05, 0) is 77.0 Å². The Hall–Kier alpha value is -4.01. The van der Waals surface area contributed by atoms with Crippen LogP contribution in [0.15, 0.2) is 134 Å². The van der Waals surface area contributed by atoms with E-state index in [1.165, 1.54) is 0 Å². The number of esters is 2. The fourth-order valence-corrected chi connectivity index (χ4v) is 6.58. The molecule has 0 amide bonds. The number of allylic oxidation sites excluding steroid dienone is 22. The predicted molar refractivity (Wildman–Crippen MR) is 248 cm³/mol. The van der Waals surface area contributed by atoms with Crippen LogP contribution in [0, 0.1) is 0 Å². The van der Waals surface area contributed by atoms with Crippen LogP contribution in [-0.4, -0.2) is 98.3 Å². The van der Waals surface area contributed by atoms with E-state index in [1.807, 2.05) is 54.7 Å². The number of carbonyl (C=O) groups is 2. The van der Waals surface area contributed by atoms with Crippen molar-refractivity contribution in [1.29, 1.82) is 0 Å². The highest BCUT2D eigenvalue weighted by atomic mass is 31.2. The Bertz CT molecular complexity index is 1600. The van der Waals surface area contributed by atoms with E-state index < -0.39 is 75.7 Å². The third kappa shape index (κ3) is 29.9. The molecule has 7 unspecified atom stereocenters. The SMILES string of the molecule is CC/C=C/C=C/C=C/C=C/C=C/CCCC(=O)OC(COC(=O)CCCC/C=C/C/C=C/C/C=C/C/C=C/C/C=C/C/C=C/CC)COP(=O)(O)OC1C(O)C(O)C(O)[C@H](O)C1O. The topological polar surface area (TPSA) is 210 Å². The summed E-state index contributed by atoms with van der Waals surface area (Å²) in [7, 11) is -5.16. The Morgan fingerprint density at radius 3 is 1.46 bits per heavy atom. The van der Waals surface area contributed by atoms with Gasteiger partial charge < -0.3 is 39.9 Å². The average Bonchev–Trinajstić information content (AvgIpc) is 3.26. The minimum atomic E-state index is -5.16. The van der Waals surface area contributed by atoms with Crippen molar-refractivity contribution >= 4 is 19.8 Å². The smallest absolute Gasteiger partial charge is 0.462 e. The van der Waals surface area contributed by atoms with Gasteiger partial charge in [0.15, 0.2) is 6.10 Å². The normalized spacial score (nSPS) is 23.0. The van der Waals surface area contributed by atoms with E-state index in [0.29, 0.717) is 19.3 Å². The Labute approximate surface area is 375 Å². The molecule has 0 aliphatic heterocycles. The van der Waals surface area contributed by atoms with Crippen molar-refractivity contribution in [3.8, 4) is 0 Å². The number of aliphatic hydroxyl groups excluding tert-OH is 5. The van der Waals surface area contributed by atoms with Crippen LogP contribution in [0.1, 0.15) is 104 Å². The molecule has 8 atom stereocenters. The molecule has 0 spiro atoms. The molecule has 14 heteroatoms. The molecule has 63 heavy (non-hydrogen) atoms. The van der Waals surface area contributed by atoms with Gasteiger partial charge in [-0.2, -0.15) is 0 Å². The van der Waals surface area contributed by atoms with Gasteiger partial charge in [-0.1, -0.05) is 148 Å². The largest absolute Gasteiger partial charge is 0.472 e. The first-order valence-electron chi connectivity index (χ1n) is 22.1. The van der Waals surface area contributed by atoms with Gasteiger partial charge in [0.05, 0.1) is 6.61 Å². The Morgan fingerprint density at radius 2 is 0.937 bits per heavy atom. The standard InChI is InChI=1S/C49H73O13P/c1-3-5-7-9-11-13-15-17-18-19-20-21-22-23-24-26-27-29-31-33-35-37-42(50)59-39-41(40-60-63(57,58)62-49-47(55)45(53)44(52)46(54)48(49)56)61-43(51)38-36-34-32-30-28-25-16-14-12-10-8-6-4-2/h5-8,10-14,16-18,20-21,23-25,27-30,32,41,44-49,52-56H,3-4,9,15,19,22,26,31,33-40H2,1-2H3,(H,57,58)/b7-5+,8-6+,12-10+,13-11+,16-14+,18-17+,21-20+,24-23+,28-25+,29-27+,32-30+/t41?,44?,45-,46?,47?,48?,49?/m0/s1. The summed E-state index contributed by atoms with van der Waals surface area (Å²) in [6.07, 6.45) is 41.0. The maximum Gasteiger partial charge on any atom is 0.472 e. The maximum absolute atomic E-state index is 12.8. The number of aliphatic hydroxyl groups is 5. The molecule has 1 aliphatic rings.